The molecule has 2 aliphatic heterocycles. The molecule has 2 heterocycles. The molecule has 2 saturated heterocycles. The molecule has 134 valence electrons. The number of nitrogens with zero attached hydrogens (tertiary/aromatic N) is 1. The maximum absolute atomic E-state index is 12.6. The second-order valence-corrected chi connectivity index (χ2v) is 8.12. The number of ether oxygens (including phenoxy) is 2. The van der Waals surface area contributed by atoms with E-state index in [9.17, 15) is 4.79 Å². The van der Waals surface area contributed by atoms with Gasteiger partial charge in [-0.1, -0.05) is 6.08 Å². The van der Waals surface area contributed by atoms with Gasteiger partial charge in [0.15, 0.2) is 0 Å². The van der Waals surface area contributed by atoms with Crippen LogP contribution in [-0.4, -0.2) is 49.3 Å². The molecule has 24 heavy (non-hydrogen) atoms. The van der Waals surface area contributed by atoms with E-state index in [4.69, 9.17) is 9.47 Å². The molecule has 4 rings (SSSR count). The van der Waals surface area contributed by atoms with E-state index in [2.05, 4.69) is 11.0 Å². The Kier molecular flexibility index (Phi) is 4.95. The standard InChI is InChI=1S/C20H31NO3/c22-19(17-3-1-2-4-17)21-11-9-20(10-12-21)18(8-14-24-20)7-13-23-15-16-5-6-16/h3,16,18H,1-2,4-15H2/t18-/m0/s1. The Morgan fingerprint density at radius 2 is 2.12 bits per heavy atom. The summed E-state index contributed by atoms with van der Waals surface area (Å²) in [5.41, 5.74) is 1.06. The van der Waals surface area contributed by atoms with Gasteiger partial charge in [-0.15, -0.1) is 0 Å². The van der Waals surface area contributed by atoms with Crippen LogP contribution in [0.25, 0.3) is 0 Å². The van der Waals surface area contributed by atoms with Crippen molar-refractivity contribution in [2.24, 2.45) is 11.8 Å². The highest BCUT2D eigenvalue weighted by Crippen LogP contribution is 2.42. The summed E-state index contributed by atoms with van der Waals surface area (Å²) in [5.74, 6) is 1.74. The van der Waals surface area contributed by atoms with Crippen molar-refractivity contribution in [3.63, 3.8) is 0 Å². The normalized spacial score (nSPS) is 29.2. The van der Waals surface area contributed by atoms with Crippen LogP contribution in [0.4, 0.5) is 0 Å². The Labute approximate surface area is 145 Å². The summed E-state index contributed by atoms with van der Waals surface area (Å²) in [6.07, 6.45) is 12.3. The summed E-state index contributed by atoms with van der Waals surface area (Å²) in [4.78, 5) is 14.6. The van der Waals surface area contributed by atoms with Gasteiger partial charge in [-0.3, -0.25) is 4.79 Å². The number of hydrogen-bond donors (Lipinski definition) is 0. The van der Waals surface area contributed by atoms with E-state index in [1.54, 1.807) is 0 Å². The van der Waals surface area contributed by atoms with Gasteiger partial charge in [0.2, 0.25) is 5.91 Å². The zero-order chi connectivity index (χ0) is 16.4. The second kappa shape index (κ2) is 7.17. The maximum atomic E-state index is 12.6. The Morgan fingerprint density at radius 3 is 2.83 bits per heavy atom. The molecule has 1 atom stereocenters. The molecule has 3 fully saturated rings. The van der Waals surface area contributed by atoms with Crippen LogP contribution >= 0.6 is 0 Å². The first-order chi connectivity index (χ1) is 11.8. The summed E-state index contributed by atoms with van der Waals surface area (Å²) < 4.78 is 12.1. The lowest BCUT2D eigenvalue weighted by Crippen LogP contribution is -2.49. The highest BCUT2D eigenvalue weighted by atomic mass is 16.5. The molecule has 1 amide bonds. The molecule has 1 saturated carbocycles. The van der Waals surface area contributed by atoms with E-state index in [1.807, 2.05) is 0 Å². The van der Waals surface area contributed by atoms with E-state index < -0.39 is 0 Å². The molecule has 0 aromatic carbocycles. The van der Waals surface area contributed by atoms with Crippen LogP contribution in [0.2, 0.25) is 0 Å². The van der Waals surface area contributed by atoms with Gasteiger partial charge in [0.25, 0.3) is 0 Å². The average Bonchev–Trinajstić information content (AvgIpc) is 3.11. The van der Waals surface area contributed by atoms with Gasteiger partial charge < -0.3 is 14.4 Å². The Bertz CT molecular complexity index is 489. The zero-order valence-corrected chi connectivity index (χ0v) is 14.8. The topological polar surface area (TPSA) is 38.8 Å². The molecule has 0 radical (unpaired) electrons. The SMILES string of the molecule is O=C(C1=CCCC1)N1CCC2(CC1)OCC[C@@H]2CCOCC1CC1. The Hall–Kier alpha value is -0.870. The van der Waals surface area contributed by atoms with Gasteiger partial charge in [0, 0.05) is 38.5 Å². The van der Waals surface area contributed by atoms with Gasteiger partial charge >= 0.3 is 0 Å². The lowest BCUT2D eigenvalue weighted by atomic mass is 9.78. The number of piperidine rings is 1. The van der Waals surface area contributed by atoms with Gasteiger partial charge in [-0.05, 0) is 69.6 Å². The molecular weight excluding hydrogens is 302 g/mol. The predicted octanol–water partition coefficient (Wildman–Crippen LogP) is 3.31. The average molecular weight is 333 g/mol. The minimum absolute atomic E-state index is 0.0176. The van der Waals surface area contributed by atoms with Crippen LogP contribution in [0, 0.1) is 11.8 Å². The Balaban J connectivity index is 1.26. The summed E-state index contributed by atoms with van der Waals surface area (Å²) >= 11 is 0. The summed E-state index contributed by atoms with van der Waals surface area (Å²) in [7, 11) is 0. The highest BCUT2D eigenvalue weighted by Gasteiger charge is 2.46. The van der Waals surface area contributed by atoms with E-state index in [-0.39, 0.29) is 11.5 Å². The third kappa shape index (κ3) is 3.55. The number of likely N-dealkylation sites (tertiary alicyclic amines) is 1. The van der Waals surface area contributed by atoms with E-state index in [1.165, 1.54) is 12.8 Å². The molecule has 4 nitrogen and oxygen atoms in total. The van der Waals surface area contributed by atoms with E-state index in [0.717, 1.165) is 89.3 Å². The summed E-state index contributed by atoms with van der Waals surface area (Å²) in [5, 5.41) is 0. The number of allylic oxidation sites excluding steroid dienone is 1. The van der Waals surface area contributed by atoms with Crippen LogP contribution in [0.5, 0.6) is 0 Å². The van der Waals surface area contributed by atoms with Crippen molar-refractivity contribution in [3.05, 3.63) is 11.6 Å². The van der Waals surface area contributed by atoms with E-state index >= 15 is 0 Å². The first kappa shape index (κ1) is 16.6. The minimum atomic E-state index is 0.0176. The van der Waals surface area contributed by atoms with Crippen LogP contribution < -0.4 is 0 Å². The first-order valence-electron chi connectivity index (χ1n) is 9.97. The molecule has 0 bridgehead atoms. The third-order valence-electron chi connectivity index (χ3n) is 6.47. The Morgan fingerprint density at radius 1 is 1.29 bits per heavy atom. The molecule has 4 aliphatic rings. The number of rotatable bonds is 6. The highest BCUT2D eigenvalue weighted by molar-refractivity contribution is 5.93. The summed E-state index contributed by atoms with van der Waals surface area (Å²) in [6.45, 7) is 4.43. The number of amides is 1. The quantitative estimate of drug-likeness (QED) is 0.700. The fraction of sp³-hybridized carbons (Fsp3) is 0.850. The van der Waals surface area contributed by atoms with Crippen LogP contribution in [0.1, 0.15) is 57.8 Å². The second-order valence-electron chi connectivity index (χ2n) is 8.12. The molecule has 1 spiro atoms. The third-order valence-corrected chi connectivity index (χ3v) is 6.47. The van der Waals surface area contributed by atoms with Crippen LogP contribution in [0.3, 0.4) is 0 Å². The first-order valence-corrected chi connectivity index (χ1v) is 9.97. The maximum Gasteiger partial charge on any atom is 0.249 e. The van der Waals surface area contributed by atoms with Crippen molar-refractivity contribution in [1.82, 2.24) is 4.90 Å². The lowest BCUT2D eigenvalue weighted by molar-refractivity contribution is -0.133. The fourth-order valence-electron chi connectivity index (χ4n) is 4.66. The van der Waals surface area contributed by atoms with Gasteiger partial charge in [-0.25, -0.2) is 0 Å². The monoisotopic (exact) mass is 333 g/mol. The predicted molar refractivity (Wildman–Crippen MR) is 92.7 cm³/mol. The van der Waals surface area contributed by atoms with Gasteiger partial charge in [-0.2, -0.15) is 0 Å². The number of hydrogen-bond acceptors (Lipinski definition) is 3. The molecule has 0 aromatic rings. The minimum Gasteiger partial charge on any atom is -0.381 e. The largest absolute Gasteiger partial charge is 0.381 e. The molecule has 2 aliphatic carbocycles. The van der Waals surface area contributed by atoms with Crippen molar-refractivity contribution < 1.29 is 14.3 Å². The molecular formula is C20H31NO3. The molecule has 0 aromatic heterocycles. The summed E-state index contributed by atoms with van der Waals surface area (Å²) in [6, 6.07) is 0. The van der Waals surface area contributed by atoms with Crippen LogP contribution in [-0.2, 0) is 14.3 Å². The van der Waals surface area contributed by atoms with Crippen molar-refractivity contribution in [1.29, 1.82) is 0 Å². The van der Waals surface area contributed by atoms with Crippen molar-refractivity contribution in [2.45, 2.75) is 63.4 Å². The molecule has 4 heteroatoms. The van der Waals surface area contributed by atoms with E-state index in [0.29, 0.717) is 5.92 Å². The van der Waals surface area contributed by atoms with Crippen LogP contribution in [0.15, 0.2) is 11.6 Å². The van der Waals surface area contributed by atoms with Crippen molar-refractivity contribution in [3.8, 4) is 0 Å². The number of carbonyl (C=O) groups is 1. The fourth-order valence-corrected chi connectivity index (χ4v) is 4.66. The zero-order valence-electron chi connectivity index (χ0n) is 14.8. The van der Waals surface area contributed by atoms with Crippen molar-refractivity contribution in [2.75, 3.05) is 32.9 Å². The van der Waals surface area contributed by atoms with Crippen molar-refractivity contribution >= 4 is 5.91 Å². The van der Waals surface area contributed by atoms with Gasteiger partial charge in [0.05, 0.1) is 5.60 Å². The lowest BCUT2D eigenvalue weighted by Gasteiger charge is -2.42. The van der Waals surface area contributed by atoms with Gasteiger partial charge in [0.1, 0.15) is 0 Å². The molecule has 0 unspecified atom stereocenters. The number of carbonyl (C=O) groups excluding carboxylic acids is 1. The molecule has 0 N–H and O–H groups in total. The smallest absolute Gasteiger partial charge is 0.249 e.